The summed E-state index contributed by atoms with van der Waals surface area (Å²) in [7, 11) is 0. The Kier molecular flexibility index (Phi) is 2.41. The standard InChI is InChI=1S/C17H25N3/c1-10-3-2-4-13(19-10)14-8-18-9-20(14)17-15-11-5-6-12(7-11)16(15)17/h8-13,15-17,19H,2-7H2,1H3. The first kappa shape index (κ1) is 11.8. The zero-order valence-corrected chi connectivity index (χ0v) is 12.3. The lowest BCUT2D eigenvalue weighted by molar-refractivity contribution is 0.324. The number of hydrogen-bond donors (Lipinski definition) is 1. The summed E-state index contributed by atoms with van der Waals surface area (Å²) in [5.74, 6) is 4.09. The van der Waals surface area contributed by atoms with Gasteiger partial charge in [-0.3, -0.25) is 0 Å². The molecule has 1 aliphatic heterocycles. The van der Waals surface area contributed by atoms with E-state index in [0.29, 0.717) is 12.1 Å². The molecule has 4 aliphatic rings. The van der Waals surface area contributed by atoms with Crippen molar-refractivity contribution in [3.05, 3.63) is 18.2 Å². The molecule has 1 saturated heterocycles. The summed E-state index contributed by atoms with van der Waals surface area (Å²) >= 11 is 0. The van der Waals surface area contributed by atoms with Gasteiger partial charge in [0.05, 0.1) is 12.0 Å². The van der Waals surface area contributed by atoms with Gasteiger partial charge in [-0.05, 0) is 69.1 Å². The lowest BCUT2D eigenvalue weighted by Crippen LogP contribution is -2.35. The summed E-state index contributed by atoms with van der Waals surface area (Å²) in [6, 6.07) is 2.00. The second-order valence-corrected chi connectivity index (χ2v) is 7.76. The third kappa shape index (κ3) is 1.53. The number of hydrogen-bond acceptors (Lipinski definition) is 2. The van der Waals surface area contributed by atoms with Crippen LogP contribution in [0.3, 0.4) is 0 Å². The molecule has 2 bridgehead atoms. The molecule has 3 nitrogen and oxygen atoms in total. The highest BCUT2D eigenvalue weighted by Crippen LogP contribution is 2.71. The smallest absolute Gasteiger partial charge is 0.0951 e. The van der Waals surface area contributed by atoms with Gasteiger partial charge in [0.15, 0.2) is 0 Å². The molecule has 0 spiro atoms. The first-order valence-electron chi connectivity index (χ1n) is 8.60. The zero-order valence-electron chi connectivity index (χ0n) is 12.3. The van der Waals surface area contributed by atoms with Gasteiger partial charge >= 0.3 is 0 Å². The fourth-order valence-corrected chi connectivity index (χ4v) is 5.86. The Morgan fingerprint density at radius 2 is 1.95 bits per heavy atom. The molecule has 20 heavy (non-hydrogen) atoms. The van der Waals surface area contributed by atoms with Crippen LogP contribution in [0.25, 0.3) is 0 Å². The highest BCUT2D eigenvalue weighted by Gasteiger charge is 2.66. The molecule has 1 aromatic heterocycles. The number of imidazole rings is 1. The minimum Gasteiger partial charge on any atom is -0.329 e. The molecule has 6 unspecified atom stereocenters. The van der Waals surface area contributed by atoms with E-state index in [2.05, 4.69) is 34.3 Å². The molecule has 1 N–H and O–H groups in total. The lowest BCUT2D eigenvalue weighted by Gasteiger charge is -2.29. The van der Waals surface area contributed by atoms with Gasteiger partial charge in [-0.25, -0.2) is 4.98 Å². The number of piperidine rings is 1. The fourth-order valence-electron chi connectivity index (χ4n) is 5.86. The van der Waals surface area contributed by atoms with Crippen molar-refractivity contribution >= 4 is 0 Å². The van der Waals surface area contributed by atoms with Crippen LogP contribution in [0.1, 0.15) is 63.2 Å². The van der Waals surface area contributed by atoms with Gasteiger partial charge in [0.2, 0.25) is 0 Å². The maximum atomic E-state index is 4.50. The number of aromatic nitrogens is 2. The van der Waals surface area contributed by atoms with Crippen LogP contribution in [0.2, 0.25) is 0 Å². The number of nitrogens with zero attached hydrogens (tertiary/aromatic N) is 2. The summed E-state index contributed by atoms with van der Waals surface area (Å²) in [5, 5.41) is 3.78. The average Bonchev–Trinajstić information content (AvgIpc) is 2.89. The molecule has 6 atom stereocenters. The molecule has 0 aromatic carbocycles. The summed E-state index contributed by atoms with van der Waals surface area (Å²) in [4.78, 5) is 4.50. The molecule has 4 fully saturated rings. The quantitative estimate of drug-likeness (QED) is 0.894. The third-order valence-corrected chi connectivity index (χ3v) is 6.68. The van der Waals surface area contributed by atoms with Crippen LogP contribution in [0.4, 0.5) is 0 Å². The first-order chi connectivity index (χ1) is 9.83. The predicted octanol–water partition coefficient (Wildman–Crippen LogP) is 3.30. The third-order valence-electron chi connectivity index (χ3n) is 6.68. The zero-order chi connectivity index (χ0) is 13.3. The summed E-state index contributed by atoms with van der Waals surface area (Å²) in [6.45, 7) is 2.32. The van der Waals surface area contributed by atoms with Crippen LogP contribution >= 0.6 is 0 Å². The second-order valence-electron chi connectivity index (χ2n) is 7.76. The van der Waals surface area contributed by atoms with Crippen LogP contribution in [-0.2, 0) is 0 Å². The molecular formula is C17H25N3. The van der Waals surface area contributed by atoms with Crippen LogP contribution in [0.5, 0.6) is 0 Å². The number of nitrogens with one attached hydrogen (secondary N) is 1. The van der Waals surface area contributed by atoms with Gasteiger partial charge in [0.25, 0.3) is 0 Å². The molecule has 3 heteroatoms. The maximum absolute atomic E-state index is 4.50. The molecule has 0 radical (unpaired) electrons. The normalized spacial score (nSPS) is 49.4. The van der Waals surface area contributed by atoms with Crippen molar-refractivity contribution in [1.82, 2.24) is 14.9 Å². The molecule has 2 heterocycles. The SMILES string of the molecule is CC1CCCC(c2cncn2C2C3C4CCC(C4)C32)N1. The monoisotopic (exact) mass is 271 g/mol. The van der Waals surface area contributed by atoms with E-state index < -0.39 is 0 Å². The highest BCUT2D eigenvalue weighted by molar-refractivity contribution is 5.20. The van der Waals surface area contributed by atoms with Crippen molar-refractivity contribution in [2.45, 2.75) is 63.6 Å². The minimum absolute atomic E-state index is 0.542. The Bertz CT molecular complexity index is 506. The Labute approximate surface area is 121 Å². The Morgan fingerprint density at radius 1 is 1.15 bits per heavy atom. The maximum Gasteiger partial charge on any atom is 0.0951 e. The summed E-state index contributed by atoms with van der Waals surface area (Å²) < 4.78 is 2.56. The topological polar surface area (TPSA) is 29.9 Å². The molecule has 5 rings (SSSR count). The largest absolute Gasteiger partial charge is 0.329 e. The molecule has 1 aromatic rings. The van der Waals surface area contributed by atoms with Crippen molar-refractivity contribution in [2.24, 2.45) is 23.7 Å². The van der Waals surface area contributed by atoms with Crippen molar-refractivity contribution in [3.8, 4) is 0 Å². The van der Waals surface area contributed by atoms with Crippen LogP contribution in [0, 0.1) is 23.7 Å². The van der Waals surface area contributed by atoms with Crippen LogP contribution in [0.15, 0.2) is 12.5 Å². The van der Waals surface area contributed by atoms with E-state index >= 15 is 0 Å². The van der Waals surface area contributed by atoms with E-state index in [1.54, 1.807) is 0 Å². The lowest BCUT2D eigenvalue weighted by atomic mass is 9.97. The van der Waals surface area contributed by atoms with Crippen molar-refractivity contribution < 1.29 is 0 Å². The van der Waals surface area contributed by atoms with Gasteiger partial charge < -0.3 is 9.88 Å². The van der Waals surface area contributed by atoms with Gasteiger partial charge in [-0.1, -0.05) is 0 Å². The molecule has 3 saturated carbocycles. The van der Waals surface area contributed by atoms with Gasteiger partial charge in [-0.15, -0.1) is 0 Å². The molecule has 0 amide bonds. The van der Waals surface area contributed by atoms with Gasteiger partial charge in [-0.2, -0.15) is 0 Å². The first-order valence-corrected chi connectivity index (χ1v) is 8.60. The van der Waals surface area contributed by atoms with E-state index in [1.165, 1.54) is 44.2 Å². The minimum atomic E-state index is 0.542. The Morgan fingerprint density at radius 3 is 2.70 bits per heavy atom. The van der Waals surface area contributed by atoms with Crippen molar-refractivity contribution in [2.75, 3.05) is 0 Å². The average molecular weight is 271 g/mol. The van der Waals surface area contributed by atoms with E-state index in [-0.39, 0.29) is 0 Å². The molecular weight excluding hydrogens is 246 g/mol. The van der Waals surface area contributed by atoms with E-state index in [0.717, 1.165) is 29.7 Å². The van der Waals surface area contributed by atoms with Gasteiger partial charge in [0, 0.05) is 24.3 Å². The van der Waals surface area contributed by atoms with Crippen LogP contribution < -0.4 is 5.32 Å². The van der Waals surface area contributed by atoms with E-state index in [4.69, 9.17) is 0 Å². The number of fused-ring (bicyclic) bond motifs is 5. The number of rotatable bonds is 2. The van der Waals surface area contributed by atoms with E-state index in [9.17, 15) is 0 Å². The molecule has 3 aliphatic carbocycles. The molecule has 108 valence electrons. The summed E-state index contributed by atoms with van der Waals surface area (Å²) in [5.41, 5.74) is 1.47. The predicted molar refractivity (Wildman–Crippen MR) is 78.3 cm³/mol. The highest BCUT2D eigenvalue weighted by atomic mass is 15.2. The second kappa shape index (κ2) is 4.09. The Hall–Kier alpha value is -0.830. The van der Waals surface area contributed by atoms with Gasteiger partial charge in [0.1, 0.15) is 0 Å². The summed E-state index contributed by atoms with van der Waals surface area (Å²) in [6.07, 6.45) is 12.8. The fraction of sp³-hybridized carbons (Fsp3) is 0.824. The van der Waals surface area contributed by atoms with Crippen LogP contribution in [-0.4, -0.2) is 15.6 Å². The Balaban J connectivity index is 1.42. The van der Waals surface area contributed by atoms with Crippen molar-refractivity contribution in [1.29, 1.82) is 0 Å². The van der Waals surface area contributed by atoms with Crippen molar-refractivity contribution in [3.63, 3.8) is 0 Å². The van der Waals surface area contributed by atoms with E-state index in [1.807, 2.05) is 0 Å².